The Bertz CT molecular complexity index is 1040. The number of H-pyrrole nitrogens is 1. The quantitative estimate of drug-likeness (QED) is 0.523. The van der Waals surface area contributed by atoms with Crippen LogP contribution in [0.15, 0.2) is 23.2 Å². The predicted octanol–water partition coefficient (Wildman–Crippen LogP) is 3.86. The number of benzene rings is 1. The number of rotatable bonds is 8. The first-order valence-corrected chi connectivity index (χ1v) is 13.3. The fourth-order valence-corrected chi connectivity index (χ4v) is 6.41. The number of primary amides is 1. The fraction of sp³-hybridized carbons (Fsp3) is 0.583. The molecule has 33 heavy (non-hydrogen) atoms. The maximum Gasteiger partial charge on any atom is 0.217 e. The molecular formula is C24H32ClN5O2S. The molecule has 1 aromatic heterocycles. The van der Waals surface area contributed by atoms with Gasteiger partial charge in [0.15, 0.2) is 0 Å². The lowest BCUT2D eigenvalue weighted by Crippen LogP contribution is -2.27. The van der Waals surface area contributed by atoms with Crippen molar-refractivity contribution >= 4 is 50.9 Å². The maximum absolute atomic E-state index is 11.2. The summed E-state index contributed by atoms with van der Waals surface area (Å²) in [6, 6.07) is 6.92. The van der Waals surface area contributed by atoms with Gasteiger partial charge in [-0.25, -0.2) is 0 Å². The van der Waals surface area contributed by atoms with Gasteiger partial charge in [-0.1, -0.05) is 11.6 Å². The van der Waals surface area contributed by atoms with Crippen LogP contribution in [0.2, 0.25) is 5.02 Å². The summed E-state index contributed by atoms with van der Waals surface area (Å²) < 4.78 is 5.49. The molecule has 0 unspecified atom stereocenters. The van der Waals surface area contributed by atoms with E-state index in [9.17, 15) is 4.79 Å². The SMILES string of the molecule is NC(=O)C[C@@H]1CCN(CC[C@@H]2CSC(c3cc4cc(Cl)cc(NC5CCOCC5)c4[nH]3)=N2)C1. The minimum atomic E-state index is -0.186. The molecule has 1 amide bonds. The predicted molar refractivity (Wildman–Crippen MR) is 137 cm³/mol. The Morgan fingerprint density at radius 2 is 2.15 bits per heavy atom. The minimum Gasteiger partial charge on any atom is -0.381 e. The third-order valence-electron chi connectivity index (χ3n) is 6.86. The number of nitrogens with zero attached hydrogens (tertiary/aromatic N) is 2. The van der Waals surface area contributed by atoms with Crippen molar-refractivity contribution < 1.29 is 9.53 Å². The monoisotopic (exact) mass is 489 g/mol. The van der Waals surface area contributed by atoms with Crippen LogP contribution in [0.4, 0.5) is 5.69 Å². The molecule has 2 saturated heterocycles. The summed E-state index contributed by atoms with van der Waals surface area (Å²) >= 11 is 8.26. The number of fused-ring (bicyclic) bond motifs is 1. The molecule has 0 radical (unpaired) electrons. The molecule has 0 spiro atoms. The number of thioether (sulfide) groups is 1. The third-order valence-corrected chi connectivity index (χ3v) is 8.22. The zero-order chi connectivity index (χ0) is 22.8. The van der Waals surface area contributed by atoms with Gasteiger partial charge in [0.25, 0.3) is 0 Å². The molecule has 0 bridgehead atoms. The van der Waals surface area contributed by atoms with Crippen molar-refractivity contribution in [2.75, 3.05) is 43.9 Å². The lowest BCUT2D eigenvalue weighted by molar-refractivity contribution is -0.118. The Morgan fingerprint density at radius 3 is 2.97 bits per heavy atom. The second-order valence-electron chi connectivity index (χ2n) is 9.45. The first-order valence-electron chi connectivity index (χ1n) is 11.9. The average molecular weight is 490 g/mol. The van der Waals surface area contributed by atoms with Crippen LogP contribution in [-0.2, 0) is 9.53 Å². The van der Waals surface area contributed by atoms with E-state index in [1.807, 2.05) is 23.9 Å². The Morgan fingerprint density at radius 1 is 1.30 bits per heavy atom. The highest BCUT2D eigenvalue weighted by atomic mass is 35.5. The van der Waals surface area contributed by atoms with Crippen molar-refractivity contribution in [3.8, 4) is 0 Å². The van der Waals surface area contributed by atoms with Gasteiger partial charge in [0, 0.05) is 54.9 Å². The van der Waals surface area contributed by atoms with Crippen LogP contribution in [0.25, 0.3) is 10.9 Å². The molecule has 5 rings (SSSR count). The number of nitrogens with one attached hydrogen (secondary N) is 2. The molecule has 7 nitrogen and oxygen atoms in total. The van der Waals surface area contributed by atoms with Crippen LogP contribution in [0, 0.1) is 5.92 Å². The minimum absolute atomic E-state index is 0.186. The second kappa shape index (κ2) is 10.3. The number of halogens is 1. The highest BCUT2D eigenvalue weighted by Gasteiger charge is 2.26. The average Bonchev–Trinajstić information content (AvgIpc) is 3.52. The van der Waals surface area contributed by atoms with E-state index in [0.29, 0.717) is 24.4 Å². The van der Waals surface area contributed by atoms with Gasteiger partial charge in [-0.15, -0.1) is 11.8 Å². The van der Waals surface area contributed by atoms with Gasteiger partial charge in [0.1, 0.15) is 5.04 Å². The molecule has 4 heterocycles. The maximum atomic E-state index is 11.2. The molecule has 2 atom stereocenters. The third kappa shape index (κ3) is 5.67. The number of carbonyl (C=O) groups is 1. The van der Waals surface area contributed by atoms with Crippen LogP contribution >= 0.6 is 23.4 Å². The smallest absolute Gasteiger partial charge is 0.217 e. The zero-order valence-corrected chi connectivity index (χ0v) is 20.4. The molecule has 2 fully saturated rings. The first-order chi connectivity index (χ1) is 16.0. The van der Waals surface area contributed by atoms with E-state index in [4.69, 9.17) is 27.1 Å². The van der Waals surface area contributed by atoms with E-state index in [0.717, 1.165) is 96.6 Å². The molecule has 0 saturated carbocycles. The molecule has 3 aliphatic rings. The van der Waals surface area contributed by atoms with E-state index >= 15 is 0 Å². The normalized spacial score (nSPS) is 24.5. The largest absolute Gasteiger partial charge is 0.381 e. The zero-order valence-electron chi connectivity index (χ0n) is 18.8. The molecule has 2 aromatic rings. The van der Waals surface area contributed by atoms with E-state index in [-0.39, 0.29) is 5.91 Å². The van der Waals surface area contributed by atoms with E-state index in [1.165, 1.54) is 0 Å². The first kappa shape index (κ1) is 23.0. The van der Waals surface area contributed by atoms with Gasteiger partial charge in [-0.05, 0) is 56.3 Å². The highest BCUT2D eigenvalue weighted by molar-refractivity contribution is 8.14. The highest BCUT2D eigenvalue weighted by Crippen LogP contribution is 2.33. The second-order valence-corrected chi connectivity index (χ2v) is 10.9. The number of amides is 1. The molecular weight excluding hydrogens is 458 g/mol. The van der Waals surface area contributed by atoms with E-state index < -0.39 is 0 Å². The Labute approximate surface area is 203 Å². The van der Waals surface area contributed by atoms with Crippen LogP contribution in [0.3, 0.4) is 0 Å². The van der Waals surface area contributed by atoms with Crippen molar-refractivity contribution in [1.82, 2.24) is 9.88 Å². The molecule has 3 aliphatic heterocycles. The van der Waals surface area contributed by atoms with Gasteiger partial charge in [0.2, 0.25) is 5.91 Å². The van der Waals surface area contributed by atoms with Gasteiger partial charge < -0.3 is 25.7 Å². The molecule has 0 aliphatic carbocycles. The number of aliphatic imine (C=N–C) groups is 1. The summed E-state index contributed by atoms with van der Waals surface area (Å²) in [7, 11) is 0. The lowest BCUT2D eigenvalue weighted by atomic mass is 10.1. The molecule has 4 N–H and O–H groups in total. The number of aromatic nitrogens is 1. The molecule has 9 heteroatoms. The van der Waals surface area contributed by atoms with Crippen LogP contribution in [0.5, 0.6) is 0 Å². The number of likely N-dealkylation sites (tertiary alicyclic amines) is 1. The van der Waals surface area contributed by atoms with Gasteiger partial charge in [0.05, 0.1) is 22.9 Å². The van der Waals surface area contributed by atoms with Gasteiger partial charge >= 0.3 is 0 Å². The number of hydrogen-bond acceptors (Lipinski definition) is 6. The topological polar surface area (TPSA) is 95.7 Å². The van der Waals surface area contributed by atoms with Crippen LogP contribution in [0.1, 0.15) is 37.8 Å². The van der Waals surface area contributed by atoms with Gasteiger partial charge in [-0.3, -0.25) is 9.79 Å². The Hall–Kier alpha value is -1.74. The number of carbonyl (C=O) groups excluding carboxylic acids is 1. The summed E-state index contributed by atoms with van der Waals surface area (Å²) in [5.74, 6) is 1.24. The Kier molecular flexibility index (Phi) is 7.16. The summed E-state index contributed by atoms with van der Waals surface area (Å²) in [6.07, 6.45) is 4.63. The summed E-state index contributed by atoms with van der Waals surface area (Å²) in [6.45, 7) is 4.66. The number of ether oxygens (including phenoxy) is 1. The molecule has 1 aromatic carbocycles. The van der Waals surface area contributed by atoms with Crippen LogP contribution < -0.4 is 11.1 Å². The van der Waals surface area contributed by atoms with E-state index in [1.54, 1.807) is 0 Å². The number of anilines is 1. The van der Waals surface area contributed by atoms with Crippen molar-refractivity contribution in [1.29, 1.82) is 0 Å². The van der Waals surface area contributed by atoms with E-state index in [2.05, 4.69) is 21.3 Å². The Balaban J connectivity index is 1.23. The number of nitrogens with two attached hydrogens (primary N) is 1. The number of hydrogen-bond donors (Lipinski definition) is 3. The van der Waals surface area contributed by atoms with Crippen molar-refractivity contribution in [2.45, 2.75) is 44.2 Å². The molecule has 178 valence electrons. The standard InChI is InChI=1S/C24H32ClN5O2S/c25-17-10-16-11-21(29-23(16)20(12-17)27-18-3-7-32-8-4-18)24-28-19(14-33-24)2-6-30-5-1-15(13-30)9-22(26)31/h10-12,15,18-19,27,29H,1-9,13-14H2,(H2,26,31)/t15-,19+/m0/s1. The lowest BCUT2D eigenvalue weighted by Gasteiger charge is -2.24. The van der Waals surface area contributed by atoms with Crippen molar-refractivity contribution in [3.05, 3.63) is 28.9 Å². The number of aromatic amines is 1. The van der Waals surface area contributed by atoms with Crippen molar-refractivity contribution in [3.63, 3.8) is 0 Å². The summed E-state index contributed by atoms with van der Waals surface area (Å²) in [5.41, 5.74) is 8.56. The van der Waals surface area contributed by atoms with Gasteiger partial charge in [-0.2, -0.15) is 0 Å². The summed E-state index contributed by atoms with van der Waals surface area (Å²) in [5, 5.41) is 6.59. The van der Waals surface area contributed by atoms with Crippen LogP contribution in [-0.4, -0.2) is 71.5 Å². The fourth-order valence-electron chi connectivity index (χ4n) is 5.11. The summed E-state index contributed by atoms with van der Waals surface area (Å²) in [4.78, 5) is 22.3. The van der Waals surface area contributed by atoms with Crippen molar-refractivity contribution in [2.24, 2.45) is 16.6 Å².